The van der Waals surface area contributed by atoms with Gasteiger partial charge >= 0.3 is 11.9 Å². The maximum atomic E-state index is 15.0. The lowest BCUT2D eigenvalue weighted by Gasteiger charge is -2.64. The summed E-state index contributed by atoms with van der Waals surface area (Å²) in [6.45, 7) is 9.10. The summed E-state index contributed by atoms with van der Waals surface area (Å²) < 4.78 is 24.5. The Morgan fingerprint density at radius 2 is 1.74 bits per heavy atom. The number of benzene rings is 2. The molecular weight excluding hydrogens is 725 g/mol. The lowest BCUT2D eigenvalue weighted by molar-refractivity contribution is -0.220. The van der Waals surface area contributed by atoms with Gasteiger partial charge in [-0.15, -0.1) is 0 Å². The largest absolute Gasteiger partial charge is 0.508 e. The van der Waals surface area contributed by atoms with Gasteiger partial charge in [-0.05, 0) is 96.3 Å². The number of aliphatic hydroxyl groups excluding tert-OH is 2. The fourth-order valence-electron chi connectivity index (χ4n) is 14.2. The third-order valence-corrected chi connectivity index (χ3v) is 17.0. The third kappa shape index (κ3) is 4.93. The molecule has 8 aliphatic rings. The topological polar surface area (TPSA) is 149 Å². The van der Waals surface area contributed by atoms with E-state index < -0.39 is 52.3 Å². The summed E-state index contributed by atoms with van der Waals surface area (Å²) in [6, 6.07) is 16.3. The van der Waals surface area contributed by atoms with E-state index >= 15 is 0 Å². The number of phenolic OH excluding ortho intramolecular Hbond substituents is 1. The van der Waals surface area contributed by atoms with E-state index in [0.717, 1.165) is 25.7 Å². The molecule has 0 aromatic heterocycles. The van der Waals surface area contributed by atoms with Crippen molar-refractivity contribution < 1.29 is 48.7 Å². The van der Waals surface area contributed by atoms with Gasteiger partial charge in [-0.2, -0.15) is 0 Å². The number of ketones is 1. The molecule has 57 heavy (non-hydrogen) atoms. The number of ether oxygens (including phenoxy) is 4. The molecule has 2 aromatic carbocycles. The van der Waals surface area contributed by atoms with Crippen LogP contribution in [0.3, 0.4) is 0 Å². The fraction of sp³-hybridized carbons (Fsp3) is 0.596. The van der Waals surface area contributed by atoms with Gasteiger partial charge in [-0.1, -0.05) is 87.0 Å². The summed E-state index contributed by atoms with van der Waals surface area (Å²) in [5.74, 6) is -3.41. The van der Waals surface area contributed by atoms with Crippen molar-refractivity contribution in [1.29, 1.82) is 0 Å². The minimum absolute atomic E-state index is 0.0158. The molecule has 3 unspecified atom stereocenters. The highest BCUT2D eigenvalue weighted by molar-refractivity contribution is 5.90. The molecule has 0 amide bonds. The zero-order valence-corrected chi connectivity index (χ0v) is 33.2. The van der Waals surface area contributed by atoms with Crippen LogP contribution in [0.2, 0.25) is 0 Å². The molecule has 3 saturated carbocycles. The maximum Gasteiger partial charge on any atom is 0.314 e. The van der Waals surface area contributed by atoms with Gasteiger partial charge < -0.3 is 34.3 Å². The van der Waals surface area contributed by atoms with E-state index in [1.54, 1.807) is 6.92 Å². The number of allylic oxidation sites excluding steroid dienone is 3. The Hall–Kier alpha value is -3.83. The number of hydrogen-bond acceptors (Lipinski definition) is 10. The predicted molar refractivity (Wildman–Crippen MR) is 206 cm³/mol. The molecule has 10 nitrogen and oxygen atoms in total. The summed E-state index contributed by atoms with van der Waals surface area (Å²) in [4.78, 5) is 41.9. The lowest BCUT2D eigenvalue weighted by atomic mass is 9.39. The number of esters is 2. The van der Waals surface area contributed by atoms with Crippen molar-refractivity contribution in [2.75, 3.05) is 13.2 Å². The molecule has 3 heterocycles. The SMILES string of the molecule is C[C@]1(OC(=O)CC(O)c2ccc(O)cc2)CO[C@]2(C1)OC(=O)[C@H]([C@@H]1CCC34CC13C=C[C@@H]1[C@@]3(C)CC=C5C[C@@H](c6ccccc6)OC[C@]5(C)[C@@H]3CC(=O)[C@]14C)[C@H]2O. The van der Waals surface area contributed by atoms with E-state index in [9.17, 15) is 29.7 Å². The Morgan fingerprint density at radius 1 is 0.982 bits per heavy atom. The van der Waals surface area contributed by atoms with Gasteiger partial charge in [0.2, 0.25) is 5.79 Å². The van der Waals surface area contributed by atoms with E-state index in [0.29, 0.717) is 30.8 Å². The molecule has 10 heteroatoms. The Morgan fingerprint density at radius 3 is 2.49 bits per heavy atom. The highest BCUT2D eigenvalue weighted by Gasteiger charge is 2.86. The van der Waals surface area contributed by atoms with Crippen LogP contribution >= 0.6 is 0 Å². The summed E-state index contributed by atoms with van der Waals surface area (Å²) in [5.41, 5.74) is 0.125. The molecule has 3 saturated heterocycles. The van der Waals surface area contributed by atoms with Crippen molar-refractivity contribution in [1.82, 2.24) is 0 Å². The number of rotatable bonds is 6. The van der Waals surface area contributed by atoms with E-state index in [4.69, 9.17) is 18.9 Å². The Bertz CT molecular complexity index is 2100. The van der Waals surface area contributed by atoms with Crippen LogP contribution in [0.25, 0.3) is 0 Å². The summed E-state index contributed by atoms with van der Waals surface area (Å²) >= 11 is 0. The van der Waals surface area contributed by atoms with Crippen molar-refractivity contribution in [2.24, 2.45) is 50.7 Å². The van der Waals surface area contributed by atoms with Crippen LogP contribution in [0.15, 0.2) is 78.4 Å². The van der Waals surface area contributed by atoms with Crippen molar-refractivity contribution in [2.45, 2.75) is 109 Å². The van der Waals surface area contributed by atoms with Gasteiger partial charge in [0.25, 0.3) is 0 Å². The van der Waals surface area contributed by atoms with Crippen molar-refractivity contribution in [3.63, 3.8) is 0 Å². The van der Waals surface area contributed by atoms with E-state index in [1.807, 2.05) is 6.07 Å². The highest BCUT2D eigenvalue weighted by Crippen LogP contribution is 2.89. The number of carbonyl (C=O) groups excluding carboxylic acids is 3. The van der Waals surface area contributed by atoms with Gasteiger partial charge in [0.05, 0.1) is 44.2 Å². The van der Waals surface area contributed by atoms with Crippen LogP contribution in [0.1, 0.15) is 102 Å². The zero-order valence-electron chi connectivity index (χ0n) is 33.2. The number of Topliss-reactive ketones (excluding diaryl/α,β-unsaturated/α-hetero) is 1. The number of hydrogen-bond donors (Lipinski definition) is 3. The molecule has 1 spiro atoms. The monoisotopic (exact) mass is 778 g/mol. The van der Waals surface area contributed by atoms with Gasteiger partial charge in [0.15, 0.2) is 0 Å². The number of fused-ring (bicyclic) bond motifs is 5. The van der Waals surface area contributed by atoms with Crippen LogP contribution in [-0.4, -0.2) is 63.7 Å². The summed E-state index contributed by atoms with van der Waals surface area (Å²) in [5, 5.41) is 32.3. The second kappa shape index (κ2) is 12.1. The van der Waals surface area contributed by atoms with Crippen molar-refractivity contribution in [3.05, 3.63) is 89.5 Å². The number of carbonyl (C=O) groups is 3. The molecule has 0 radical (unpaired) electrons. The average Bonchev–Trinajstić information content (AvgIpc) is 3.48. The molecule has 14 atom stereocenters. The Kier molecular flexibility index (Phi) is 7.96. The minimum Gasteiger partial charge on any atom is -0.508 e. The molecule has 302 valence electrons. The molecule has 3 aliphatic heterocycles. The van der Waals surface area contributed by atoms with E-state index in [2.05, 4.69) is 63.3 Å². The van der Waals surface area contributed by atoms with Crippen LogP contribution in [0.4, 0.5) is 0 Å². The normalized spacial score (nSPS) is 46.9. The van der Waals surface area contributed by atoms with Crippen LogP contribution < -0.4 is 0 Å². The Balaban J connectivity index is 0.878. The van der Waals surface area contributed by atoms with E-state index in [-0.39, 0.29) is 65.3 Å². The first kappa shape index (κ1) is 37.4. The first-order valence-corrected chi connectivity index (χ1v) is 20.9. The highest BCUT2D eigenvalue weighted by atomic mass is 16.8. The molecule has 3 N–H and O–H groups in total. The van der Waals surface area contributed by atoms with Gasteiger partial charge in [0.1, 0.15) is 23.2 Å². The maximum absolute atomic E-state index is 15.0. The molecule has 6 fully saturated rings. The quantitative estimate of drug-likeness (QED) is 0.210. The van der Waals surface area contributed by atoms with Crippen molar-refractivity contribution in [3.8, 4) is 5.75 Å². The van der Waals surface area contributed by atoms with Gasteiger partial charge in [0, 0.05) is 17.3 Å². The van der Waals surface area contributed by atoms with Gasteiger partial charge in [-0.3, -0.25) is 14.4 Å². The smallest absolute Gasteiger partial charge is 0.314 e. The zero-order chi connectivity index (χ0) is 40.0. The predicted octanol–water partition coefficient (Wildman–Crippen LogP) is 6.84. The van der Waals surface area contributed by atoms with Crippen LogP contribution in [0.5, 0.6) is 5.75 Å². The molecule has 5 aliphatic carbocycles. The molecule has 10 rings (SSSR count). The second-order valence-corrected chi connectivity index (χ2v) is 19.8. The molecular formula is C47H54O10. The Labute approximate surface area is 333 Å². The summed E-state index contributed by atoms with van der Waals surface area (Å²) in [7, 11) is 0. The van der Waals surface area contributed by atoms with Crippen LogP contribution in [0, 0.1) is 50.7 Å². The fourth-order valence-corrected chi connectivity index (χ4v) is 14.2. The molecule has 2 aromatic rings. The third-order valence-electron chi connectivity index (χ3n) is 17.0. The average molecular weight is 779 g/mol. The van der Waals surface area contributed by atoms with Crippen LogP contribution in [-0.2, 0) is 33.3 Å². The standard InChI is InChI=1S/C47H54O10/c1-41(56-37(51)21-32(49)27-10-12-30(48)13-11-27)23-47(55-25-41)39(52)38(40(53)57-47)31-15-19-46-24-45(31,46)18-16-34-42(2)17-14-29-20-33(28-8-6-5-7-9-28)54-26-43(29,3)35(42)22-36(50)44(34,46)4/h5-14,16,18,31-35,38-39,48-49,52H,15,17,19-26H2,1-4H3/t31-,32?,33-,34+,35+,38+,39+,41+,42+,43-,44-,45?,46?,47+/m0/s1. The van der Waals surface area contributed by atoms with Crippen molar-refractivity contribution >= 4 is 17.7 Å². The first-order chi connectivity index (χ1) is 27.0. The van der Waals surface area contributed by atoms with Gasteiger partial charge in [-0.25, -0.2) is 0 Å². The summed E-state index contributed by atoms with van der Waals surface area (Å²) in [6.07, 6.45) is 8.85. The number of aromatic hydroxyl groups is 1. The lowest BCUT2D eigenvalue weighted by Crippen LogP contribution is -2.63. The minimum atomic E-state index is -1.67. The second-order valence-electron chi connectivity index (χ2n) is 19.8. The number of aliphatic hydroxyl groups is 2. The number of phenols is 1. The molecule has 0 bridgehead atoms. The first-order valence-electron chi connectivity index (χ1n) is 20.9. The van der Waals surface area contributed by atoms with E-state index in [1.165, 1.54) is 35.4 Å².